The van der Waals surface area contributed by atoms with Crippen molar-refractivity contribution in [3.8, 4) is 0 Å². The lowest BCUT2D eigenvalue weighted by atomic mass is 10.2. The van der Waals surface area contributed by atoms with Crippen LogP contribution < -0.4 is 11.3 Å². The van der Waals surface area contributed by atoms with Gasteiger partial charge in [0.15, 0.2) is 0 Å². The van der Waals surface area contributed by atoms with Crippen LogP contribution in [0.4, 0.5) is 10.1 Å². The number of hydrogen-bond donors (Lipinski definition) is 2. The number of nitrogens with one attached hydrogen (secondary N) is 1. The van der Waals surface area contributed by atoms with Gasteiger partial charge in [0, 0.05) is 11.6 Å². The first-order chi connectivity index (χ1) is 6.31. The number of halogens is 2. The fourth-order valence-corrected chi connectivity index (χ4v) is 1.24. The molecule has 0 aliphatic carbocycles. The normalized spacial score (nSPS) is 9.57. The number of nitrogens with two attached hydrogens (primary N) is 1. The smallest absolute Gasteiger partial charge is 0.124 e. The highest BCUT2D eigenvalue weighted by Crippen LogP contribution is 2.20. The summed E-state index contributed by atoms with van der Waals surface area (Å²) in [7, 11) is 0. The Hall–Kier alpha value is -1.39. The zero-order valence-corrected chi connectivity index (χ0v) is 8.01. The van der Waals surface area contributed by atoms with Crippen LogP contribution in [-0.2, 0) is 0 Å². The van der Waals surface area contributed by atoms with Crippen LogP contribution in [0.2, 0.25) is 0 Å². The van der Waals surface area contributed by atoms with Gasteiger partial charge in [0.1, 0.15) is 5.82 Å². The first-order valence-electron chi connectivity index (χ1n) is 3.82. The van der Waals surface area contributed by atoms with Crippen LogP contribution in [0, 0.1) is 5.82 Å². The maximum atomic E-state index is 12.9. The summed E-state index contributed by atoms with van der Waals surface area (Å²) in [6.07, 6.45) is 1.62. The quantitative estimate of drug-likeness (QED) is 0.563. The fourth-order valence-electron chi connectivity index (χ4n) is 1.24. The van der Waals surface area contributed by atoms with Gasteiger partial charge in [-0.1, -0.05) is 0 Å². The van der Waals surface area contributed by atoms with E-state index in [1.807, 2.05) is 0 Å². The third-order valence-electron chi connectivity index (χ3n) is 1.86. The molecule has 2 rings (SSSR count). The topological polar surface area (TPSA) is 50.9 Å². The number of pyridine rings is 1. The molecule has 1 aromatic carbocycles. The molecule has 0 amide bonds. The molecule has 0 aliphatic heterocycles. The Morgan fingerprint density at radius 3 is 2.79 bits per heavy atom. The Kier molecular flexibility index (Phi) is 3.22. The SMILES string of the molecule is Cl.NNc1ccnc2ccc(F)cc12. The van der Waals surface area contributed by atoms with E-state index in [-0.39, 0.29) is 18.2 Å². The molecule has 0 atom stereocenters. The van der Waals surface area contributed by atoms with Crippen molar-refractivity contribution in [3.05, 3.63) is 36.3 Å². The number of hydrogen-bond acceptors (Lipinski definition) is 3. The van der Waals surface area contributed by atoms with Gasteiger partial charge in [0.25, 0.3) is 0 Å². The summed E-state index contributed by atoms with van der Waals surface area (Å²) < 4.78 is 12.9. The lowest BCUT2D eigenvalue weighted by Crippen LogP contribution is -2.07. The van der Waals surface area contributed by atoms with Gasteiger partial charge in [0.05, 0.1) is 11.2 Å². The highest BCUT2D eigenvalue weighted by atomic mass is 35.5. The average molecular weight is 214 g/mol. The zero-order chi connectivity index (χ0) is 9.26. The van der Waals surface area contributed by atoms with Gasteiger partial charge in [-0.25, -0.2) is 4.39 Å². The molecule has 1 aromatic heterocycles. The number of fused-ring (bicyclic) bond motifs is 1. The molecule has 14 heavy (non-hydrogen) atoms. The van der Waals surface area contributed by atoms with Gasteiger partial charge in [-0.3, -0.25) is 10.8 Å². The first-order valence-corrected chi connectivity index (χ1v) is 3.82. The summed E-state index contributed by atoms with van der Waals surface area (Å²) in [5, 5.41) is 0.685. The van der Waals surface area contributed by atoms with Crippen LogP contribution in [0.25, 0.3) is 10.9 Å². The van der Waals surface area contributed by atoms with Crippen molar-refractivity contribution < 1.29 is 4.39 Å². The molecule has 0 spiro atoms. The molecule has 0 aliphatic rings. The van der Waals surface area contributed by atoms with Gasteiger partial charge in [-0.05, 0) is 24.3 Å². The second-order valence-electron chi connectivity index (χ2n) is 2.66. The lowest BCUT2D eigenvalue weighted by molar-refractivity contribution is 0.629. The Morgan fingerprint density at radius 2 is 2.07 bits per heavy atom. The number of hydrazine groups is 1. The summed E-state index contributed by atoms with van der Waals surface area (Å²) in [5.41, 5.74) is 3.88. The molecule has 2 aromatic rings. The van der Waals surface area contributed by atoms with Crippen LogP contribution >= 0.6 is 12.4 Å². The van der Waals surface area contributed by atoms with Gasteiger partial charge in [-0.15, -0.1) is 12.4 Å². The van der Waals surface area contributed by atoms with E-state index >= 15 is 0 Å². The Balaban J connectivity index is 0.000000980. The highest BCUT2D eigenvalue weighted by Gasteiger charge is 2.00. The van der Waals surface area contributed by atoms with Gasteiger partial charge < -0.3 is 5.43 Å². The van der Waals surface area contributed by atoms with Crippen molar-refractivity contribution in [3.63, 3.8) is 0 Å². The summed E-state index contributed by atoms with van der Waals surface area (Å²) in [6.45, 7) is 0. The number of nitrogens with zero attached hydrogens (tertiary/aromatic N) is 1. The zero-order valence-electron chi connectivity index (χ0n) is 7.20. The summed E-state index contributed by atoms with van der Waals surface area (Å²) in [6, 6.07) is 6.08. The largest absolute Gasteiger partial charge is 0.323 e. The predicted octanol–water partition coefficient (Wildman–Crippen LogP) is 2.08. The molecule has 74 valence electrons. The maximum absolute atomic E-state index is 12.9. The monoisotopic (exact) mass is 213 g/mol. The molecule has 1 heterocycles. The van der Waals surface area contributed by atoms with Gasteiger partial charge in [-0.2, -0.15) is 0 Å². The van der Waals surface area contributed by atoms with Crippen LogP contribution in [0.15, 0.2) is 30.5 Å². The molecule has 3 N–H and O–H groups in total. The van der Waals surface area contributed by atoms with E-state index in [1.54, 1.807) is 18.3 Å². The van der Waals surface area contributed by atoms with Crippen molar-refractivity contribution >= 4 is 29.0 Å². The van der Waals surface area contributed by atoms with Crippen LogP contribution in [0.1, 0.15) is 0 Å². The number of rotatable bonds is 1. The molecule has 3 nitrogen and oxygen atoms in total. The van der Waals surface area contributed by atoms with Gasteiger partial charge >= 0.3 is 0 Å². The average Bonchev–Trinajstić information content (AvgIpc) is 2.17. The summed E-state index contributed by atoms with van der Waals surface area (Å²) in [5.74, 6) is 4.97. The molecule has 0 unspecified atom stereocenters. The predicted molar refractivity (Wildman–Crippen MR) is 56.8 cm³/mol. The molecular weight excluding hydrogens is 205 g/mol. The molecule has 0 bridgehead atoms. The molecular formula is C9H9ClFN3. The van der Waals surface area contributed by atoms with Gasteiger partial charge in [0.2, 0.25) is 0 Å². The van der Waals surface area contributed by atoms with E-state index < -0.39 is 0 Å². The van der Waals surface area contributed by atoms with Crippen LogP contribution in [0.5, 0.6) is 0 Å². The Morgan fingerprint density at radius 1 is 1.29 bits per heavy atom. The van der Waals surface area contributed by atoms with Crippen LogP contribution in [-0.4, -0.2) is 4.98 Å². The van der Waals surface area contributed by atoms with E-state index in [9.17, 15) is 4.39 Å². The number of benzene rings is 1. The fraction of sp³-hybridized carbons (Fsp3) is 0. The minimum atomic E-state index is -0.294. The maximum Gasteiger partial charge on any atom is 0.124 e. The first kappa shape index (κ1) is 10.7. The van der Waals surface area contributed by atoms with Crippen molar-refractivity contribution in [2.45, 2.75) is 0 Å². The third-order valence-corrected chi connectivity index (χ3v) is 1.86. The molecule has 5 heteroatoms. The second-order valence-corrected chi connectivity index (χ2v) is 2.66. The van der Waals surface area contributed by atoms with E-state index in [1.165, 1.54) is 12.1 Å². The minimum Gasteiger partial charge on any atom is -0.323 e. The van der Waals surface area contributed by atoms with E-state index in [2.05, 4.69) is 10.4 Å². The Bertz CT molecular complexity index is 447. The number of anilines is 1. The highest BCUT2D eigenvalue weighted by molar-refractivity contribution is 5.90. The number of nitrogen functional groups attached to an aromatic ring is 1. The summed E-state index contributed by atoms with van der Waals surface area (Å²) in [4.78, 5) is 4.07. The van der Waals surface area contributed by atoms with E-state index in [0.29, 0.717) is 11.1 Å². The summed E-state index contributed by atoms with van der Waals surface area (Å²) >= 11 is 0. The van der Waals surface area contributed by atoms with Crippen molar-refractivity contribution in [1.82, 2.24) is 4.98 Å². The van der Waals surface area contributed by atoms with Crippen LogP contribution in [0.3, 0.4) is 0 Å². The standard InChI is InChI=1S/C9H8FN3.ClH/c10-6-1-2-8-7(5-6)9(13-11)3-4-12-8;/h1-5H,11H2,(H,12,13);1H. The second kappa shape index (κ2) is 4.21. The van der Waals surface area contributed by atoms with Crippen molar-refractivity contribution in [1.29, 1.82) is 0 Å². The molecule has 0 saturated heterocycles. The van der Waals surface area contributed by atoms with E-state index in [4.69, 9.17) is 5.84 Å². The lowest BCUT2D eigenvalue weighted by Gasteiger charge is -2.03. The van der Waals surface area contributed by atoms with Crippen molar-refractivity contribution in [2.24, 2.45) is 5.84 Å². The molecule has 0 saturated carbocycles. The number of aromatic nitrogens is 1. The van der Waals surface area contributed by atoms with Crippen molar-refractivity contribution in [2.75, 3.05) is 5.43 Å². The minimum absolute atomic E-state index is 0. The van der Waals surface area contributed by atoms with E-state index in [0.717, 1.165) is 5.52 Å². The molecule has 0 fully saturated rings. The third kappa shape index (κ3) is 1.76. The molecule has 0 radical (unpaired) electrons. The Labute approximate surface area is 86.5 Å².